The van der Waals surface area contributed by atoms with Crippen LogP contribution < -0.4 is 0 Å². The number of ether oxygens (including phenoxy) is 1. The van der Waals surface area contributed by atoms with Crippen molar-refractivity contribution < 1.29 is 23.9 Å². The van der Waals surface area contributed by atoms with Gasteiger partial charge in [-0.25, -0.2) is 9.59 Å². The van der Waals surface area contributed by atoms with Crippen LogP contribution >= 0.6 is 0 Å². The van der Waals surface area contributed by atoms with Gasteiger partial charge in [0.05, 0.1) is 11.1 Å². The molecular weight excluding hydrogens is 416 g/mol. The average Bonchev–Trinajstić information content (AvgIpc) is 2.89. The first-order valence-corrected chi connectivity index (χ1v) is 10.2. The molecular formula is C28H18O5. The van der Waals surface area contributed by atoms with E-state index in [1.807, 2.05) is 6.07 Å². The molecule has 0 aliphatic rings. The number of esters is 2. The number of hydrogen-bond donors (Lipinski definition) is 0. The Balaban J connectivity index is 1.50. The number of rotatable bonds is 6. The molecule has 5 heteroatoms. The smallest absolute Gasteiger partial charge is 0.346 e. The Bertz CT molecular complexity index is 1320. The van der Waals surface area contributed by atoms with Crippen molar-refractivity contribution in [3.8, 4) is 0 Å². The van der Waals surface area contributed by atoms with E-state index in [0.717, 1.165) is 0 Å². The van der Waals surface area contributed by atoms with E-state index in [1.54, 1.807) is 66.7 Å². The number of ketones is 2. The van der Waals surface area contributed by atoms with Crippen LogP contribution in [0.25, 0.3) is 0 Å². The summed E-state index contributed by atoms with van der Waals surface area (Å²) < 4.78 is 5.02. The van der Waals surface area contributed by atoms with Gasteiger partial charge < -0.3 is 4.74 Å². The highest BCUT2D eigenvalue weighted by Gasteiger charge is 2.22. The molecule has 0 N–H and O–H groups in total. The molecule has 0 aliphatic carbocycles. The van der Waals surface area contributed by atoms with E-state index >= 15 is 0 Å². The molecule has 0 fully saturated rings. The van der Waals surface area contributed by atoms with Gasteiger partial charge in [-0.1, -0.05) is 91.0 Å². The molecule has 0 saturated carbocycles. The van der Waals surface area contributed by atoms with Gasteiger partial charge in [0.25, 0.3) is 0 Å². The van der Waals surface area contributed by atoms with Crippen LogP contribution in [0.1, 0.15) is 52.6 Å². The van der Waals surface area contributed by atoms with E-state index in [4.69, 9.17) is 4.74 Å². The fraction of sp³-hybridized carbons (Fsp3) is 0. The van der Waals surface area contributed by atoms with Crippen molar-refractivity contribution >= 4 is 23.5 Å². The third-order valence-corrected chi connectivity index (χ3v) is 5.03. The van der Waals surface area contributed by atoms with Crippen LogP contribution in [0.15, 0.2) is 109 Å². The zero-order valence-corrected chi connectivity index (χ0v) is 17.4. The Morgan fingerprint density at radius 2 is 0.818 bits per heavy atom. The molecule has 0 saturated heterocycles. The summed E-state index contributed by atoms with van der Waals surface area (Å²) in [4.78, 5) is 50.5. The molecule has 0 spiro atoms. The molecule has 4 aromatic rings. The molecule has 4 rings (SSSR count). The van der Waals surface area contributed by atoms with Gasteiger partial charge in [-0.2, -0.15) is 0 Å². The maximum absolute atomic E-state index is 12.8. The van der Waals surface area contributed by atoms with Crippen LogP contribution in [0.3, 0.4) is 0 Å². The lowest BCUT2D eigenvalue weighted by atomic mass is 9.98. The lowest BCUT2D eigenvalue weighted by molar-refractivity contribution is 0.0395. The summed E-state index contributed by atoms with van der Waals surface area (Å²) in [5.41, 5.74) is 1.61. The molecule has 0 bridgehead atoms. The molecule has 0 aliphatic heterocycles. The third-order valence-electron chi connectivity index (χ3n) is 5.03. The number of carbonyl (C=O) groups is 4. The van der Waals surface area contributed by atoms with Gasteiger partial charge in [-0.05, 0) is 18.2 Å². The Labute approximate surface area is 190 Å². The topological polar surface area (TPSA) is 77.5 Å². The second-order valence-corrected chi connectivity index (χ2v) is 7.19. The summed E-state index contributed by atoms with van der Waals surface area (Å²) in [5, 5.41) is 0. The monoisotopic (exact) mass is 434 g/mol. The zero-order valence-electron chi connectivity index (χ0n) is 17.4. The van der Waals surface area contributed by atoms with Crippen molar-refractivity contribution in [2.45, 2.75) is 0 Å². The molecule has 33 heavy (non-hydrogen) atoms. The maximum atomic E-state index is 12.8. The average molecular weight is 434 g/mol. The van der Waals surface area contributed by atoms with Crippen molar-refractivity contribution in [3.63, 3.8) is 0 Å². The molecule has 0 amide bonds. The second-order valence-electron chi connectivity index (χ2n) is 7.19. The lowest BCUT2D eigenvalue weighted by Crippen LogP contribution is -2.16. The molecule has 4 aromatic carbocycles. The molecule has 5 nitrogen and oxygen atoms in total. The maximum Gasteiger partial charge on any atom is 0.346 e. The Morgan fingerprint density at radius 1 is 0.394 bits per heavy atom. The lowest BCUT2D eigenvalue weighted by Gasteiger charge is -2.08. The molecule has 0 aromatic heterocycles. The van der Waals surface area contributed by atoms with Gasteiger partial charge >= 0.3 is 11.9 Å². The summed E-state index contributed by atoms with van der Waals surface area (Å²) >= 11 is 0. The Kier molecular flexibility index (Phi) is 6.32. The summed E-state index contributed by atoms with van der Waals surface area (Å²) in [6.07, 6.45) is 0. The summed E-state index contributed by atoms with van der Waals surface area (Å²) in [6.45, 7) is 0. The molecule has 0 unspecified atom stereocenters. The normalized spacial score (nSPS) is 10.3. The summed E-state index contributed by atoms with van der Waals surface area (Å²) in [6, 6.07) is 29.3. The van der Waals surface area contributed by atoms with Crippen LogP contribution in [-0.4, -0.2) is 23.5 Å². The Hall–Kier alpha value is -4.64. The molecule has 160 valence electrons. The van der Waals surface area contributed by atoms with E-state index in [2.05, 4.69) is 0 Å². The number of benzene rings is 4. The largest absolute Gasteiger partial charge is 0.386 e. The minimum Gasteiger partial charge on any atom is -0.386 e. The van der Waals surface area contributed by atoms with Crippen molar-refractivity contribution in [1.29, 1.82) is 0 Å². The van der Waals surface area contributed by atoms with Crippen LogP contribution in [0.4, 0.5) is 0 Å². The highest BCUT2D eigenvalue weighted by Crippen LogP contribution is 2.17. The van der Waals surface area contributed by atoms with E-state index in [9.17, 15) is 19.2 Å². The quantitative estimate of drug-likeness (QED) is 0.238. The minimum absolute atomic E-state index is 0.00409. The highest BCUT2D eigenvalue weighted by atomic mass is 16.6. The highest BCUT2D eigenvalue weighted by molar-refractivity contribution is 6.16. The van der Waals surface area contributed by atoms with Gasteiger partial charge in [0, 0.05) is 22.3 Å². The molecule has 0 heterocycles. The van der Waals surface area contributed by atoms with Crippen LogP contribution in [0.2, 0.25) is 0 Å². The van der Waals surface area contributed by atoms with Gasteiger partial charge in [0.15, 0.2) is 11.6 Å². The second kappa shape index (κ2) is 9.66. The predicted octanol–water partition coefficient (Wildman–Crippen LogP) is 5.15. The third kappa shape index (κ3) is 4.83. The molecule has 0 atom stereocenters. The van der Waals surface area contributed by atoms with Crippen molar-refractivity contribution in [2.24, 2.45) is 0 Å². The van der Waals surface area contributed by atoms with Gasteiger partial charge in [-0.3, -0.25) is 9.59 Å². The van der Waals surface area contributed by atoms with Gasteiger partial charge in [0.2, 0.25) is 0 Å². The first-order valence-electron chi connectivity index (χ1n) is 10.2. The van der Waals surface area contributed by atoms with E-state index in [1.165, 1.54) is 36.4 Å². The molecule has 0 radical (unpaired) electrons. The van der Waals surface area contributed by atoms with E-state index < -0.39 is 11.9 Å². The first-order chi connectivity index (χ1) is 16.0. The van der Waals surface area contributed by atoms with Crippen LogP contribution in [0.5, 0.6) is 0 Å². The minimum atomic E-state index is -0.927. The number of hydrogen-bond acceptors (Lipinski definition) is 5. The Morgan fingerprint density at radius 3 is 1.39 bits per heavy atom. The van der Waals surface area contributed by atoms with Crippen LogP contribution in [0, 0.1) is 0 Å². The fourth-order valence-corrected chi connectivity index (χ4v) is 3.32. The predicted molar refractivity (Wildman–Crippen MR) is 122 cm³/mol. The zero-order chi connectivity index (χ0) is 23.2. The summed E-state index contributed by atoms with van der Waals surface area (Å²) in [5.74, 6) is -2.33. The van der Waals surface area contributed by atoms with Gasteiger partial charge in [-0.15, -0.1) is 0 Å². The van der Waals surface area contributed by atoms with E-state index in [-0.39, 0.29) is 28.3 Å². The SMILES string of the molecule is O=C(OC(=O)c1ccccc1C(=O)c1ccccc1)c1ccc(C(=O)c2ccccc2)cc1. The van der Waals surface area contributed by atoms with Gasteiger partial charge in [0.1, 0.15) is 0 Å². The standard InChI is InChI=1S/C28H18O5/c29-25(19-9-3-1-4-10-19)21-15-17-22(18-16-21)27(31)33-28(32)24-14-8-7-13-23(24)26(30)20-11-5-2-6-12-20/h1-18H. The van der Waals surface area contributed by atoms with Crippen LogP contribution in [-0.2, 0) is 4.74 Å². The summed E-state index contributed by atoms with van der Waals surface area (Å²) in [7, 11) is 0. The van der Waals surface area contributed by atoms with E-state index in [0.29, 0.717) is 16.7 Å². The first kappa shape index (κ1) is 21.6. The number of carbonyl (C=O) groups excluding carboxylic acids is 4. The fourth-order valence-electron chi connectivity index (χ4n) is 3.32. The van der Waals surface area contributed by atoms with Crippen molar-refractivity contribution in [1.82, 2.24) is 0 Å². The van der Waals surface area contributed by atoms with Crippen molar-refractivity contribution in [2.75, 3.05) is 0 Å². The van der Waals surface area contributed by atoms with Crippen molar-refractivity contribution in [3.05, 3.63) is 143 Å².